The van der Waals surface area contributed by atoms with Crippen LogP contribution in [0, 0.1) is 6.57 Å². The number of aromatic nitrogens is 3. The normalized spacial score (nSPS) is 10.0. The van der Waals surface area contributed by atoms with E-state index in [4.69, 9.17) is 21.8 Å². The number of nitrogens with two attached hydrogens (primary N) is 1. The first-order valence-corrected chi connectivity index (χ1v) is 6.97. The van der Waals surface area contributed by atoms with E-state index in [-0.39, 0.29) is 5.88 Å². The molecule has 2 aromatic heterocycles. The van der Waals surface area contributed by atoms with Gasteiger partial charge in [0.05, 0.1) is 19.9 Å². The van der Waals surface area contributed by atoms with Crippen molar-refractivity contribution in [2.75, 3.05) is 12.8 Å². The highest BCUT2D eigenvalue weighted by atomic mass is 16.5. The van der Waals surface area contributed by atoms with Gasteiger partial charge in [0.25, 0.3) is 0 Å². The minimum atomic E-state index is 0.235. The van der Waals surface area contributed by atoms with Crippen molar-refractivity contribution in [2.24, 2.45) is 0 Å². The van der Waals surface area contributed by atoms with Crippen LogP contribution in [-0.4, -0.2) is 22.1 Å². The summed E-state index contributed by atoms with van der Waals surface area (Å²) in [7, 11) is 1.59. The summed E-state index contributed by atoms with van der Waals surface area (Å²) in [6.07, 6.45) is 4.52. The number of methoxy groups -OCH3 is 1. The van der Waals surface area contributed by atoms with E-state index in [1.807, 2.05) is 0 Å². The summed E-state index contributed by atoms with van der Waals surface area (Å²) in [5.41, 5.74) is 7.22. The second kappa shape index (κ2) is 6.62. The van der Waals surface area contributed by atoms with Crippen molar-refractivity contribution in [3.8, 4) is 28.8 Å². The van der Waals surface area contributed by atoms with Crippen molar-refractivity contribution >= 4 is 11.4 Å². The predicted octanol–water partition coefficient (Wildman–Crippen LogP) is 3.47. The summed E-state index contributed by atoms with van der Waals surface area (Å²) in [5.74, 6) is 1.91. The number of nitrogens with zero attached hydrogens (tertiary/aromatic N) is 4. The van der Waals surface area contributed by atoms with Crippen LogP contribution in [0.5, 0.6) is 17.4 Å². The van der Waals surface area contributed by atoms with Gasteiger partial charge in [-0.25, -0.2) is 9.83 Å². The topological polar surface area (TPSA) is 87.5 Å². The number of pyridine rings is 1. The summed E-state index contributed by atoms with van der Waals surface area (Å²) in [6.45, 7) is 7.05. The van der Waals surface area contributed by atoms with Crippen molar-refractivity contribution in [3.05, 3.63) is 60.3 Å². The molecule has 2 N–H and O–H groups in total. The molecule has 0 aliphatic heterocycles. The summed E-state index contributed by atoms with van der Waals surface area (Å²) in [5, 5.41) is 0. The van der Waals surface area contributed by atoms with Crippen LogP contribution in [0.4, 0.5) is 11.4 Å². The van der Waals surface area contributed by atoms with E-state index in [0.717, 1.165) is 5.75 Å². The van der Waals surface area contributed by atoms with E-state index in [0.29, 0.717) is 28.5 Å². The van der Waals surface area contributed by atoms with Crippen LogP contribution in [0.1, 0.15) is 0 Å². The number of anilines is 1. The number of nitrogen functional groups attached to an aromatic ring is 1. The maximum absolute atomic E-state index is 7.05. The fourth-order valence-electron chi connectivity index (χ4n) is 1.96. The van der Waals surface area contributed by atoms with Gasteiger partial charge < -0.3 is 15.2 Å². The van der Waals surface area contributed by atoms with Gasteiger partial charge in [-0.15, -0.1) is 0 Å². The van der Waals surface area contributed by atoms with Gasteiger partial charge in [-0.05, 0) is 30.3 Å². The molecule has 0 bridgehead atoms. The van der Waals surface area contributed by atoms with E-state index in [1.54, 1.807) is 43.6 Å². The maximum Gasteiger partial charge on any atom is 0.246 e. The van der Waals surface area contributed by atoms with E-state index in [2.05, 4.69) is 19.8 Å². The van der Waals surface area contributed by atoms with Gasteiger partial charge in [0.2, 0.25) is 11.6 Å². The smallest absolute Gasteiger partial charge is 0.246 e. The molecule has 0 radical (unpaired) electrons. The first-order valence-electron chi connectivity index (χ1n) is 6.97. The lowest BCUT2D eigenvalue weighted by molar-refractivity contribution is 0.412. The lowest BCUT2D eigenvalue weighted by Crippen LogP contribution is -1.99. The van der Waals surface area contributed by atoms with Gasteiger partial charge in [-0.1, -0.05) is 0 Å². The Morgan fingerprint density at radius 2 is 1.83 bits per heavy atom. The molecule has 0 unspecified atom stereocenters. The van der Waals surface area contributed by atoms with E-state index in [9.17, 15) is 0 Å². The number of rotatable bonds is 4. The molecule has 0 spiro atoms. The fraction of sp³-hybridized carbons (Fsp3) is 0.0588. The molecule has 0 saturated carbocycles. The largest absolute Gasteiger partial charge is 0.497 e. The van der Waals surface area contributed by atoms with Gasteiger partial charge in [-0.3, -0.25) is 4.98 Å². The molecule has 7 heteroatoms. The summed E-state index contributed by atoms with van der Waals surface area (Å²) >= 11 is 0. The SMILES string of the molecule is [C-]#[N+]c1cncc(-c2ncc(N)c(Oc3ccc(OC)cc3)n2)c1. The minimum absolute atomic E-state index is 0.235. The molecule has 24 heavy (non-hydrogen) atoms. The average Bonchev–Trinajstić information content (AvgIpc) is 2.64. The molecule has 0 fully saturated rings. The molecular formula is C17H13N5O2. The quantitative estimate of drug-likeness (QED) is 0.741. The number of ether oxygens (including phenoxy) is 2. The average molecular weight is 319 g/mol. The molecule has 3 aromatic rings. The molecule has 2 heterocycles. The highest BCUT2D eigenvalue weighted by Gasteiger charge is 2.10. The fourth-order valence-corrected chi connectivity index (χ4v) is 1.96. The molecule has 3 rings (SSSR count). The zero-order valence-corrected chi connectivity index (χ0v) is 12.8. The Balaban J connectivity index is 1.92. The standard InChI is InChI=1S/C17H13N5O2/c1-19-12-7-11(8-20-9-12)16-21-10-15(18)17(22-16)24-14-5-3-13(23-2)4-6-14/h3-10H,18H2,2H3. The lowest BCUT2D eigenvalue weighted by atomic mass is 10.2. The van der Waals surface area contributed by atoms with Gasteiger partial charge >= 0.3 is 0 Å². The summed E-state index contributed by atoms with van der Waals surface area (Å²) in [6, 6.07) is 8.71. The van der Waals surface area contributed by atoms with E-state index in [1.165, 1.54) is 12.4 Å². The van der Waals surface area contributed by atoms with Gasteiger partial charge in [0.15, 0.2) is 5.82 Å². The van der Waals surface area contributed by atoms with Crippen LogP contribution >= 0.6 is 0 Å². The highest BCUT2D eigenvalue weighted by Crippen LogP contribution is 2.29. The van der Waals surface area contributed by atoms with Crippen molar-refractivity contribution in [2.45, 2.75) is 0 Å². The van der Waals surface area contributed by atoms with Crippen molar-refractivity contribution < 1.29 is 9.47 Å². The second-order valence-electron chi connectivity index (χ2n) is 4.78. The number of hydrogen-bond donors (Lipinski definition) is 1. The van der Waals surface area contributed by atoms with Crippen LogP contribution < -0.4 is 15.2 Å². The monoisotopic (exact) mass is 319 g/mol. The Morgan fingerprint density at radius 3 is 2.54 bits per heavy atom. The van der Waals surface area contributed by atoms with E-state index < -0.39 is 0 Å². The zero-order chi connectivity index (χ0) is 16.9. The summed E-state index contributed by atoms with van der Waals surface area (Å²) < 4.78 is 10.8. The third-order valence-corrected chi connectivity index (χ3v) is 3.17. The van der Waals surface area contributed by atoms with Crippen LogP contribution in [0.3, 0.4) is 0 Å². The first-order chi connectivity index (χ1) is 11.7. The molecule has 118 valence electrons. The third-order valence-electron chi connectivity index (χ3n) is 3.17. The highest BCUT2D eigenvalue weighted by molar-refractivity contribution is 5.63. The van der Waals surface area contributed by atoms with Gasteiger partial charge in [0, 0.05) is 18.0 Å². The Hall–Kier alpha value is -3.66. The molecule has 0 saturated heterocycles. The van der Waals surface area contributed by atoms with Crippen LogP contribution in [0.2, 0.25) is 0 Å². The Bertz CT molecular complexity index is 904. The molecule has 7 nitrogen and oxygen atoms in total. The molecule has 0 aliphatic rings. The molecule has 0 atom stereocenters. The number of hydrogen-bond acceptors (Lipinski definition) is 6. The van der Waals surface area contributed by atoms with Crippen LogP contribution in [0.15, 0.2) is 48.9 Å². The first kappa shape index (κ1) is 15.2. The number of benzene rings is 1. The van der Waals surface area contributed by atoms with Crippen LogP contribution in [-0.2, 0) is 0 Å². The molecular weight excluding hydrogens is 306 g/mol. The minimum Gasteiger partial charge on any atom is -0.497 e. The second-order valence-corrected chi connectivity index (χ2v) is 4.78. The summed E-state index contributed by atoms with van der Waals surface area (Å²) in [4.78, 5) is 15.9. The maximum atomic E-state index is 7.05. The van der Waals surface area contributed by atoms with Gasteiger partial charge in [-0.2, -0.15) is 4.98 Å². The van der Waals surface area contributed by atoms with E-state index >= 15 is 0 Å². The van der Waals surface area contributed by atoms with Gasteiger partial charge in [0.1, 0.15) is 17.2 Å². The Labute approximate surface area is 138 Å². The lowest BCUT2D eigenvalue weighted by Gasteiger charge is -2.09. The molecule has 1 aromatic carbocycles. The molecule has 0 aliphatic carbocycles. The predicted molar refractivity (Wildman–Crippen MR) is 89.0 cm³/mol. The zero-order valence-electron chi connectivity index (χ0n) is 12.8. The van der Waals surface area contributed by atoms with Crippen molar-refractivity contribution in [1.82, 2.24) is 15.0 Å². The third kappa shape index (κ3) is 3.23. The Morgan fingerprint density at radius 1 is 1.08 bits per heavy atom. The Kier molecular flexibility index (Phi) is 4.21. The van der Waals surface area contributed by atoms with Crippen LogP contribution in [0.25, 0.3) is 16.2 Å². The van der Waals surface area contributed by atoms with Crippen molar-refractivity contribution in [1.29, 1.82) is 0 Å². The van der Waals surface area contributed by atoms with Crippen molar-refractivity contribution in [3.63, 3.8) is 0 Å². The molecule has 0 amide bonds.